The molecule has 1 saturated carbocycles. The van der Waals surface area contributed by atoms with Crippen LogP contribution in [0.4, 0.5) is 0 Å². The fourth-order valence-corrected chi connectivity index (χ4v) is 2.44. The lowest BCUT2D eigenvalue weighted by molar-refractivity contribution is -0.137. The second kappa shape index (κ2) is 6.02. The zero-order valence-electron chi connectivity index (χ0n) is 11.2. The molecule has 0 unspecified atom stereocenters. The van der Waals surface area contributed by atoms with E-state index in [2.05, 4.69) is 11.0 Å². The maximum Gasteiger partial charge on any atom is 0.242 e. The summed E-state index contributed by atoms with van der Waals surface area (Å²) in [6.45, 7) is 1.71. The third kappa shape index (κ3) is 3.44. The largest absolute Gasteiger partial charge is 0.344 e. The molecule has 1 aliphatic rings. The SMILES string of the molecule is CN(C)CCCN(C)C(=O)C1(C#N)CCCC1. The smallest absolute Gasteiger partial charge is 0.242 e. The molecule has 0 N–H and O–H groups in total. The van der Waals surface area contributed by atoms with Gasteiger partial charge in [-0.1, -0.05) is 12.8 Å². The molecule has 96 valence electrons. The van der Waals surface area contributed by atoms with Crippen molar-refractivity contribution in [2.45, 2.75) is 32.1 Å². The van der Waals surface area contributed by atoms with E-state index in [0.717, 1.165) is 45.2 Å². The molecule has 0 aliphatic heterocycles. The molecule has 1 aliphatic carbocycles. The first kappa shape index (κ1) is 14.0. The number of nitriles is 1. The van der Waals surface area contributed by atoms with E-state index in [4.69, 9.17) is 0 Å². The highest BCUT2D eigenvalue weighted by Crippen LogP contribution is 2.38. The topological polar surface area (TPSA) is 47.3 Å². The minimum Gasteiger partial charge on any atom is -0.344 e. The fraction of sp³-hybridized carbons (Fsp3) is 0.846. The average molecular weight is 237 g/mol. The molecule has 1 amide bonds. The van der Waals surface area contributed by atoms with E-state index < -0.39 is 5.41 Å². The van der Waals surface area contributed by atoms with E-state index in [9.17, 15) is 10.1 Å². The minimum absolute atomic E-state index is 0.0243. The van der Waals surface area contributed by atoms with Gasteiger partial charge in [0.05, 0.1) is 6.07 Å². The summed E-state index contributed by atoms with van der Waals surface area (Å²) < 4.78 is 0. The summed E-state index contributed by atoms with van der Waals surface area (Å²) in [4.78, 5) is 16.1. The van der Waals surface area contributed by atoms with E-state index in [-0.39, 0.29) is 5.91 Å². The van der Waals surface area contributed by atoms with Crippen molar-refractivity contribution in [2.75, 3.05) is 34.2 Å². The third-order valence-electron chi connectivity index (χ3n) is 3.53. The van der Waals surface area contributed by atoms with Crippen molar-refractivity contribution >= 4 is 5.91 Å². The van der Waals surface area contributed by atoms with Crippen LogP contribution in [-0.2, 0) is 4.79 Å². The van der Waals surface area contributed by atoms with Crippen LogP contribution in [0.1, 0.15) is 32.1 Å². The Kier molecular flexibility index (Phi) is 4.95. The van der Waals surface area contributed by atoms with Gasteiger partial charge in [-0.2, -0.15) is 5.26 Å². The first-order chi connectivity index (χ1) is 8.02. The van der Waals surface area contributed by atoms with Gasteiger partial charge in [0, 0.05) is 13.6 Å². The molecule has 0 saturated heterocycles. The summed E-state index contributed by atoms with van der Waals surface area (Å²) in [6, 6.07) is 2.26. The van der Waals surface area contributed by atoms with Gasteiger partial charge in [0.2, 0.25) is 5.91 Å². The van der Waals surface area contributed by atoms with E-state index >= 15 is 0 Å². The summed E-state index contributed by atoms with van der Waals surface area (Å²) in [5.41, 5.74) is -0.715. The van der Waals surface area contributed by atoms with Crippen LogP contribution in [0, 0.1) is 16.7 Å². The molecule has 1 rings (SSSR count). The predicted octanol–water partition coefficient (Wildman–Crippen LogP) is 1.48. The fourth-order valence-electron chi connectivity index (χ4n) is 2.44. The number of hydrogen-bond donors (Lipinski definition) is 0. The van der Waals surface area contributed by atoms with Gasteiger partial charge < -0.3 is 9.80 Å². The highest BCUT2D eigenvalue weighted by molar-refractivity contribution is 5.85. The standard InChI is InChI=1S/C13H23N3O/c1-15(2)9-6-10-16(3)12(17)13(11-14)7-4-5-8-13/h4-10H2,1-3H3. The number of carbonyl (C=O) groups excluding carboxylic acids is 1. The normalized spacial score (nSPS) is 18.1. The van der Waals surface area contributed by atoms with Gasteiger partial charge in [-0.15, -0.1) is 0 Å². The maximum absolute atomic E-state index is 12.3. The summed E-state index contributed by atoms with van der Waals surface area (Å²) >= 11 is 0. The molecule has 17 heavy (non-hydrogen) atoms. The number of amides is 1. The van der Waals surface area contributed by atoms with Gasteiger partial charge >= 0.3 is 0 Å². The summed E-state index contributed by atoms with van der Waals surface area (Å²) in [6.07, 6.45) is 4.44. The Morgan fingerprint density at radius 3 is 2.29 bits per heavy atom. The van der Waals surface area contributed by atoms with Crippen molar-refractivity contribution in [3.63, 3.8) is 0 Å². The Morgan fingerprint density at radius 2 is 1.82 bits per heavy atom. The Hall–Kier alpha value is -1.08. The van der Waals surface area contributed by atoms with Gasteiger partial charge in [0.1, 0.15) is 5.41 Å². The minimum atomic E-state index is -0.715. The maximum atomic E-state index is 12.3. The van der Waals surface area contributed by atoms with Crippen LogP contribution in [0.25, 0.3) is 0 Å². The van der Waals surface area contributed by atoms with Crippen LogP contribution < -0.4 is 0 Å². The van der Waals surface area contributed by atoms with E-state index in [1.54, 1.807) is 4.90 Å². The summed E-state index contributed by atoms with van der Waals surface area (Å²) in [5, 5.41) is 9.24. The molecular formula is C13H23N3O. The Balaban J connectivity index is 2.48. The number of hydrogen-bond acceptors (Lipinski definition) is 3. The Bertz CT molecular complexity index is 300. The molecule has 0 aromatic carbocycles. The molecule has 0 spiro atoms. The quantitative estimate of drug-likeness (QED) is 0.727. The lowest BCUT2D eigenvalue weighted by atomic mass is 9.86. The van der Waals surface area contributed by atoms with Crippen LogP contribution in [0.2, 0.25) is 0 Å². The molecular weight excluding hydrogens is 214 g/mol. The van der Waals surface area contributed by atoms with Crippen molar-refractivity contribution in [3.05, 3.63) is 0 Å². The molecule has 0 aromatic rings. The van der Waals surface area contributed by atoms with Crippen LogP contribution in [0.3, 0.4) is 0 Å². The first-order valence-electron chi connectivity index (χ1n) is 6.33. The number of rotatable bonds is 5. The molecule has 0 bridgehead atoms. The Labute approximate surface area is 104 Å². The van der Waals surface area contributed by atoms with Gasteiger partial charge in [-0.05, 0) is 39.9 Å². The van der Waals surface area contributed by atoms with Crippen LogP contribution in [0.15, 0.2) is 0 Å². The van der Waals surface area contributed by atoms with Crippen LogP contribution in [-0.4, -0.2) is 49.9 Å². The van der Waals surface area contributed by atoms with Crippen molar-refractivity contribution in [1.29, 1.82) is 5.26 Å². The molecule has 0 aromatic heterocycles. The van der Waals surface area contributed by atoms with Gasteiger partial charge in [0.15, 0.2) is 0 Å². The third-order valence-corrected chi connectivity index (χ3v) is 3.53. The van der Waals surface area contributed by atoms with Crippen LogP contribution in [0.5, 0.6) is 0 Å². The first-order valence-corrected chi connectivity index (χ1v) is 6.33. The van der Waals surface area contributed by atoms with Gasteiger partial charge in [-0.3, -0.25) is 4.79 Å². The zero-order valence-corrected chi connectivity index (χ0v) is 11.2. The van der Waals surface area contributed by atoms with E-state index in [1.807, 2.05) is 21.1 Å². The zero-order chi connectivity index (χ0) is 12.9. The van der Waals surface area contributed by atoms with Crippen molar-refractivity contribution in [3.8, 4) is 6.07 Å². The predicted molar refractivity (Wildman–Crippen MR) is 67.3 cm³/mol. The van der Waals surface area contributed by atoms with E-state index in [0.29, 0.717) is 0 Å². The molecule has 4 heteroatoms. The monoisotopic (exact) mass is 237 g/mol. The number of carbonyl (C=O) groups is 1. The van der Waals surface area contributed by atoms with E-state index in [1.165, 1.54) is 0 Å². The Morgan fingerprint density at radius 1 is 1.24 bits per heavy atom. The van der Waals surface area contributed by atoms with Crippen molar-refractivity contribution < 1.29 is 4.79 Å². The molecule has 0 heterocycles. The molecule has 1 fully saturated rings. The van der Waals surface area contributed by atoms with Gasteiger partial charge in [0.25, 0.3) is 0 Å². The second-order valence-corrected chi connectivity index (χ2v) is 5.28. The molecule has 0 radical (unpaired) electrons. The van der Waals surface area contributed by atoms with Crippen LogP contribution >= 0.6 is 0 Å². The van der Waals surface area contributed by atoms with Gasteiger partial charge in [-0.25, -0.2) is 0 Å². The summed E-state index contributed by atoms with van der Waals surface area (Å²) in [5.74, 6) is 0.0243. The van der Waals surface area contributed by atoms with Crippen molar-refractivity contribution in [1.82, 2.24) is 9.80 Å². The average Bonchev–Trinajstić information content (AvgIpc) is 2.77. The van der Waals surface area contributed by atoms with Crippen molar-refractivity contribution in [2.24, 2.45) is 5.41 Å². The highest BCUT2D eigenvalue weighted by Gasteiger charge is 2.42. The lowest BCUT2D eigenvalue weighted by Crippen LogP contribution is -2.40. The second-order valence-electron chi connectivity index (χ2n) is 5.28. The number of nitrogens with zero attached hydrogens (tertiary/aromatic N) is 3. The molecule has 4 nitrogen and oxygen atoms in total. The summed E-state index contributed by atoms with van der Waals surface area (Å²) in [7, 11) is 5.86. The lowest BCUT2D eigenvalue weighted by Gasteiger charge is -2.27. The molecule has 0 atom stereocenters. The highest BCUT2D eigenvalue weighted by atomic mass is 16.2.